The van der Waals surface area contributed by atoms with Crippen LogP contribution < -0.4 is 4.90 Å². The van der Waals surface area contributed by atoms with Gasteiger partial charge < -0.3 is 9.47 Å². The summed E-state index contributed by atoms with van der Waals surface area (Å²) in [6.07, 6.45) is 0. The summed E-state index contributed by atoms with van der Waals surface area (Å²) in [5.41, 5.74) is 14.0. The van der Waals surface area contributed by atoms with E-state index in [0.29, 0.717) is 0 Å². The fourth-order valence-electron chi connectivity index (χ4n) is 10.5. The average molecular weight is 839 g/mol. The molecule has 0 saturated carbocycles. The number of hydrogen-bond acceptors (Lipinski definition) is 1. The molecule has 1 aromatic heterocycles. The van der Waals surface area contributed by atoms with Crippen molar-refractivity contribution in [3.63, 3.8) is 0 Å². The topological polar surface area (TPSA) is 8.17 Å². The number of para-hydroxylation sites is 1. The van der Waals surface area contributed by atoms with Gasteiger partial charge in [-0.2, -0.15) is 0 Å². The molecule has 0 spiro atoms. The van der Waals surface area contributed by atoms with E-state index in [1.807, 2.05) is 0 Å². The van der Waals surface area contributed by atoms with Crippen LogP contribution >= 0.6 is 0 Å². The molecule has 0 aliphatic heterocycles. The van der Waals surface area contributed by atoms with Gasteiger partial charge in [0.25, 0.3) is 0 Å². The number of fused-ring (bicyclic) bond motifs is 10. The summed E-state index contributed by atoms with van der Waals surface area (Å²) in [7, 11) is 0. The first kappa shape index (κ1) is 37.8. The van der Waals surface area contributed by atoms with Gasteiger partial charge in [0.15, 0.2) is 0 Å². The molecule has 66 heavy (non-hydrogen) atoms. The second-order valence-electron chi connectivity index (χ2n) is 17.2. The second-order valence-corrected chi connectivity index (χ2v) is 17.2. The molecule has 13 rings (SSSR count). The van der Waals surface area contributed by atoms with Crippen molar-refractivity contribution in [2.24, 2.45) is 0 Å². The summed E-state index contributed by atoms with van der Waals surface area (Å²) in [4.78, 5) is 2.40. The van der Waals surface area contributed by atoms with Gasteiger partial charge in [-0.3, -0.25) is 0 Å². The molecule has 13 aromatic rings. The van der Waals surface area contributed by atoms with E-state index in [2.05, 4.69) is 264 Å². The molecule has 0 saturated heterocycles. The van der Waals surface area contributed by atoms with Crippen LogP contribution in [0.15, 0.2) is 255 Å². The minimum absolute atomic E-state index is 1.10. The van der Waals surface area contributed by atoms with Crippen LogP contribution in [-0.4, -0.2) is 4.57 Å². The summed E-state index contributed by atoms with van der Waals surface area (Å²) in [5.74, 6) is 0. The molecule has 0 radical (unpaired) electrons. The zero-order chi connectivity index (χ0) is 43.6. The van der Waals surface area contributed by atoms with Gasteiger partial charge in [0.2, 0.25) is 0 Å². The zero-order valence-electron chi connectivity index (χ0n) is 36.1. The van der Waals surface area contributed by atoms with E-state index in [4.69, 9.17) is 0 Å². The lowest BCUT2D eigenvalue weighted by Gasteiger charge is -2.27. The Bertz CT molecular complexity index is 3950. The molecular formula is C64H42N2. The van der Waals surface area contributed by atoms with E-state index in [9.17, 15) is 0 Å². The number of rotatable bonds is 7. The summed E-state index contributed by atoms with van der Waals surface area (Å²) in [6, 6.07) is 93.2. The van der Waals surface area contributed by atoms with E-state index < -0.39 is 0 Å². The molecule has 1 heterocycles. The predicted octanol–water partition coefficient (Wildman–Crippen LogP) is 17.9. The molecule has 2 heteroatoms. The molecule has 0 aliphatic rings. The first-order valence-electron chi connectivity index (χ1n) is 22.8. The Kier molecular flexibility index (Phi) is 8.89. The van der Waals surface area contributed by atoms with E-state index >= 15 is 0 Å². The average Bonchev–Trinajstić information content (AvgIpc) is 3.73. The zero-order valence-corrected chi connectivity index (χ0v) is 36.1. The SMILES string of the molecule is c1ccc(-c2ccc(N(c3cccc(-c4ccccc4-c4ccc5c(c4)c4ccccc4n5-c4ccc5c6ccccc6c6ccccc6c5c4)c3)c3cccc4ccccc34)cc2)cc1. The van der Waals surface area contributed by atoms with Crippen LogP contribution in [0.3, 0.4) is 0 Å². The minimum Gasteiger partial charge on any atom is -0.310 e. The number of benzene rings is 12. The van der Waals surface area contributed by atoms with E-state index in [0.717, 1.165) is 28.3 Å². The Hall–Kier alpha value is -8.72. The lowest BCUT2D eigenvalue weighted by atomic mass is 9.93. The molecule has 0 amide bonds. The van der Waals surface area contributed by atoms with E-state index in [1.165, 1.54) is 92.7 Å². The third-order valence-electron chi connectivity index (χ3n) is 13.6. The molecule has 0 aliphatic carbocycles. The van der Waals surface area contributed by atoms with Crippen molar-refractivity contribution in [1.29, 1.82) is 0 Å². The summed E-state index contributed by atoms with van der Waals surface area (Å²) >= 11 is 0. The highest BCUT2D eigenvalue weighted by Gasteiger charge is 2.19. The molecular weight excluding hydrogens is 797 g/mol. The van der Waals surface area contributed by atoms with Gasteiger partial charge in [0.1, 0.15) is 0 Å². The van der Waals surface area contributed by atoms with Crippen LogP contribution in [0, 0.1) is 0 Å². The number of aromatic nitrogens is 1. The first-order valence-corrected chi connectivity index (χ1v) is 22.8. The highest BCUT2D eigenvalue weighted by Crippen LogP contribution is 2.44. The van der Waals surface area contributed by atoms with E-state index in [-0.39, 0.29) is 0 Å². The first-order chi connectivity index (χ1) is 32.7. The van der Waals surface area contributed by atoms with Crippen molar-refractivity contribution in [2.45, 2.75) is 0 Å². The second kappa shape index (κ2) is 15.5. The molecule has 308 valence electrons. The number of hydrogen-bond donors (Lipinski definition) is 0. The maximum absolute atomic E-state index is 2.45. The van der Waals surface area contributed by atoms with Crippen molar-refractivity contribution in [3.05, 3.63) is 255 Å². The van der Waals surface area contributed by atoms with Gasteiger partial charge in [-0.25, -0.2) is 0 Å². The monoisotopic (exact) mass is 838 g/mol. The Labute approximate surface area is 383 Å². The summed E-state index contributed by atoms with van der Waals surface area (Å²) in [5, 5.41) is 12.6. The predicted molar refractivity (Wildman–Crippen MR) is 282 cm³/mol. The number of nitrogens with zero attached hydrogens (tertiary/aromatic N) is 2. The Balaban J connectivity index is 0.941. The van der Waals surface area contributed by atoms with Crippen molar-refractivity contribution in [3.8, 4) is 39.1 Å². The van der Waals surface area contributed by atoms with Crippen LogP contribution in [0.5, 0.6) is 0 Å². The van der Waals surface area contributed by atoms with Crippen molar-refractivity contribution < 1.29 is 0 Å². The molecule has 2 nitrogen and oxygen atoms in total. The van der Waals surface area contributed by atoms with Crippen LogP contribution in [0.2, 0.25) is 0 Å². The van der Waals surface area contributed by atoms with Gasteiger partial charge in [-0.1, -0.05) is 194 Å². The molecule has 0 fully saturated rings. The Morgan fingerprint density at radius 1 is 0.258 bits per heavy atom. The maximum Gasteiger partial charge on any atom is 0.0541 e. The molecule has 0 bridgehead atoms. The van der Waals surface area contributed by atoms with Crippen LogP contribution in [0.1, 0.15) is 0 Å². The third-order valence-corrected chi connectivity index (χ3v) is 13.6. The van der Waals surface area contributed by atoms with Gasteiger partial charge in [0.05, 0.1) is 16.7 Å². The molecule has 0 unspecified atom stereocenters. The third kappa shape index (κ3) is 6.18. The fourth-order valence-corrected chi connectivity index (χ4v) is 10.5. The van der Waals surface area contributed by atoms with Crippen LogP contribution in [0.25, 0.3) is 104 Å². The highest BCUT2D eigenvalue weighted by molar-refractivity contribution is 6.25. The summed E-state index contributed by atoms with van der Waals surface area (Å²) in [6.45, 7) is 0. The molecule has 0 atom stereocenters. The van der Waals surface area contributed by atoms with Gasteiger partial charge in [0, 0.05) is 33.2 Å². The minimum atomic E-state index is 1.10. The van der Waals surface area contributed by atoms with Crippen LogP contribution in [0.4, 0.5) is 17.1 Å². The quantitative estimate of drug-likeness (QED) is 0.145. The molecule has 12 aromatic carbocycles. The van der Waals surface area contributed by atoms with Gasteiger partial charge >= 0.3 is 0 Å². The highest BCUT2D eigenvalue weighted by atomic mass is 15.1. The standard InChI is InChI=1S/C64H42N2/c1-2-16-43(17-3-1)44-32-35-48(36-33-44)65(62-31-15-19-45-18-4-5-24-53(45)62)49-21-14-20-46(40-49)51-22-6-7-23-52(51)47-34-39-64-61(41-47)59-29-12-13-30-63(59)66(64)50-37-38-58-56-27-9-8-25-54(56)55-26-10-11-28-57(55)60(58)42-50/h1-42H. The van der Waals surface area contributed by atoms with Crippen LogP contribution in [-0.2, 0) is 0 Å². The fraction of sp³-hybridized carbons (Fsp3) is 0. The van der Waals surface area contributed by atoms with E-state index in [1.54, 1.807) is 0 Å². The van der Waals surface area contributed by atoms with Gasteiger partial charge in [-0.15, -0.1) is 0 Å². The largest absolute Gasteiger partial charge is 0.310 e. The lowest BCUT2D eigenvalue weighted by molar-refractivity contribution is 1.19. The Morgan fingerprint density at radius 3 is 1.52 bits per heavy atom. The smallest absolute Gasteiger partial charge is 0.0541 e. The Morgan fingerprint density at radius 2 is 0.773 bits per heavy atom. The van der Waals surface area contributed by atoms with Crippen molar-refractivity contribution in [2.75, 3.05) is 4.90 Å². The van der Waals surface area contributed by atoms with Gasteiger partial charge in [-0.05, 0) is 132 Å². The molecule has 0 N–H and O–H groups in total. The van der Waals surface area contributed by atoms with Crippen molar-refractivity contribution in [1.82, 2.24) is 4.57 Å². The maximum atomic E-state index is 2.45. The summed E-state index contributed by atoms with van der Waals surface area (Å²) < 4.78 is 2.45. The lowest BCUT2D eigenvalue weighted by Crippen LogP contribution is -2.10. The van der Waals surface area contributed by atoms with Crippen molar-refractivity contribution >= 4 is 82.0 Å². The normalized spacial score (nSPS) is 11.6. The number of anilines is 3.